The van der Waals surface area contributed by atoms with Crippen molar-refractivity contribution >= 4 is 0 Å². The molecule has 1 heterocycles. The van der Waals surface area contributed by atoms with Gasteiger partial charge in [-0.05, 0) is 26.0 Å². The quantitative estimate of drug-likeness (QED) is 0.859. The van der Waals surface area contributed by atoms with Gasteiger partial charge >= 0.3 is 0 Å². The van der Waals surface area contributed by atoms with Gasteiger partial charge in [0.25, 0.3) is 0 Å². The Bertz CT molecular complexity index is 355. The van der Waals surface area contributed by atoms with E-state index in [1.807, 2.05) is 0 Å². The fourth-order valence-corrected chi connectivity index (χ4v) is 2.35. The lowest BCUT2D eigenvalue weighted by molar-refractivity contribution is 0.159. The lowest BCUT2D eigenvalue weighted by Crippen LogP contribution is -2.49. The minimum absolute atomic E-state index is 0.153. The molecule has 0 spiro atoms. The van der Waals surface area contributed by atoms with Gasteiger partial charge in [-0.15, -0.1) is 0 Å². The van der Waals surface area contributed by atoms with Crippen LogP contribution in [0.5, 0.6) is 0 Å². The van der Waals surface area contributed by atoms with Gasteiger partial charge in [0, 0.05) is 19.7 Å². The summed E-state index contributed by atoms with van der Waals surface area (Å²) in [5, 5.41) is 0. The smallest absolute Gasteiger partial charge is 0.0659 e. The minimum Gasteiger partial charge on any atom is -0.379 e. The van der Waals surface area contributed by atoms with Crippen LogP contribution in [0.1, 0.15) is 17.5 Å². The van der Waals surface area contributed by atoms with Gasteiger partial charge in [0.15, 0.2) is 0 Å². The first kappa shape index (κ1) is 12.6. The molecule has 0 amide bonds. The Morgan fingerprint density at radius 2 is 2.06 bits per heavy atom. The molecule has 2 N–H and O–H groups in total. The average molecular weight is 234 g/mol. The summed E-state index contributed by atoms with van der Waals surface area (Å²) >= 11 is 0. The van der Waals surface area contributed by atoms with E-state index in [4.69, 9.17) is 10.5 Å². The summed E-state index contributed by atoms with van der Waals surface area (Å²) in [5.74, 6) is 0. The van der Waals surface area contributed by atoms with E-state index in [0.29, 0.717) is 6.61 Å². The van der Waals surface area contributed by atoms with E-state index in [9.17, 15) is 0 Å². The van der Waals surface area contributed by atoms with Crippen molar-refractivity contribution < 1.29 is 4.74 Å². The molecule has 1 aliphatic heterocycles. The van der Waals surface area contributed by atoms with E-state index in [1.54, 1.807) is 0 Å². The van der Waals surface area contributed by atoms with Crippen LogP contribution in [0.2, 0.25) is 0 Å². The molecule has 0 aromatic heterocycles. The summed E-state index contributed by atoms with van der Waals surface area (Å²) in [6.07, 6.45) is 0.964. The lowest BCUT2D eigenvalue weighted by Gasteiger charge is -2.28. The van der Waals surface area contributed by atoms with Crippen molar-refractivity contribution in [3.8, 4) is 0 Å². The summed E-state index contributed by atoms with van der Waals surface area (Å²) in [6.45, 7) is 5.43. The molecule has 0 saturated carbocycles. The van der Waals surface area contributed by atoms with Gasteiger partial charge in [0.05, 0.1) is 12.1 Å². The molecule has 1 saturated heterocycles. The maximum atomic E-state index is 6.27. The van der Waals surface area contributed by atoms with E-state index < -0.39 is 0 Å². The van der Waals surface area contributed by atoms with Crippen LogP contribution in [0, 0.1) is 6.92 Å². The number of likely N-dealkylation sites (N-methyl/N-ethyl adjacent to an activating group) is 1. The molecule has 2 rings (SSSR count). The topological polar surface area (TPSA) is 38.5 Å². The largest absolute Gasteiger partial charge is 0.379 e. The Morgan fingerprint density at radius 3 is 2.65 bits per heavy atom. The maximum Gasteiger partial charge on any atom is 0.0659 e. The Labute approximate surface area is 104 Å². The summed E-state index contributed by atoms with van der Waals surface area (Å²) in [7, 11) is 2.12. The lowest BCUT2D eigenvalue weighted by atomic mass is 9.99. The molecule has 1 fully saturated rings. The maximum absolute atomic E-state index is 6.27. The summed E-state index contributed by atoms with van der Waals surface area (Å²) in [5.41, 5.74) is 8.75. The highest BCUT2D eigenvalue weighted by Gasteiger charge is 2.31. The van der Waals surface area contributed by atoms with Crippen LogP contribution >= 0.6 is 0 Å². The molecule has 3 nitrogen and oxygen atoms in total. The third-order valence-electron chi connectivity index (χ3n) is 3.29. The Hall–Kier alpha value is -0.900. The third kappa shape index (κ3) is 3.53. The number of rotatable bonds is 4. The van der Waals surface area contributed by atoms with Crippen molar-refractivity contribution in [2.45, 2.75) is 25.4 Å². The fraction of sp³-hybridized carbons (Fsp3) is 0.571. The third-order valence-corrected chi connectivity index (χ3v) is 3.29. The van der Waals surface area contributed by atoms with Crippen molar-refractivity contribution in [2.24, 2.45) is 5.73 Å². The van der Waals surface area contributed by atoms with Crippen LogP contribution in [-0.4, -0.2) is 37.2 Å². The van der Waals surface area contributed by atoms with Gasteiger partial charge in [-0.1, -0.05) is 29.8 Å². The zero-order valence-corrected chi connectivity index (χ0v) is 10.8. The van der Waals surface area contributed by atoms with Gasteiger partial charge < -0.3 is 15.4 Å². The first-order valence-corrected chi connectivity index (χ1v) is 6.18. The molecular weight excluding hydrogens is 212 g/mol. The summed E-state index contributed by atoms with van der Waals surface area (Å²) in [6, 6.07) is 8.67. The van der Waals surface area contributed by atoms with Crippen molar-refractivity contribution in [3.05, 3.63) is 35.4 Å². The first-order chi connectivity index (χ1) is 8.07. The molecular formula is C14H22N2O. The molecule has 0 radical (unpaired) electrons. The SMILES string of the molecule is Cc1ccc(CN(C)CC2(N)CCOC2)cc1. The molecule has 0 aliphatic carbocycles. The highest BCUT2D eigenvalue weighted by molar-refractivity contribution is 5.21. The van der Waals surface area contributed by atoms with Gasteiger partial charge in [0.1, 0.15) is 0 Å². The van der Waals surface area contributed by atoms with Crippen LogP contribution in [0.15, 0.2) is 24.3 Å². The predicted octanol–water partition coefficient (Wildman–Crippen LogP) is 1.54. The van der Waals surface area contributed by atoms with Crippen LogP contribution < -0.4 is 5.73 Å². The summed E-state index contributed by atoms with van der Waals surface area (Å²) in [4.78, 5) is 2.28. The van der Waals surface area contributed by atoms with E-state index in [0.717, 1.165) is 26.1 Å². The fourth-order valence-electron chi connectivity index (χ4n) is 2.35. The number of nitrogens with two attached hydrogens (primary N) is 1. The zero-order chi connectivity index (χ0) is 12.3. The van der Waals surface area contributed by atoms with E-state index >= 15 is 0 Å². The second kappa shape index (κ2) is 5.17. The standard InChI is InChI=1S/C14H22N2O/c1-12-3-5-13(6-4-12)9-16(2)10-14(15)7-8-17-11-14/h3-6H,7-11,15H2,1-2H3. The minimum atomic E-state index is -0.153. The van der Waals surface area contributed by atoms with Crippen LogP contribution in [0.25, 0.3) is 0 Å². The number of nitrogens with zero attached hydrogens (tertiary/aromatic N) is 1. The number of aryl methyl sites for hydroxylation is 1. The second-order valence-electron chi connectivity index (χ2n) is 5.32. The van der Waals surface area contributed by atoms with Gasteiger partial charge in [-0.25, -0.2) is 0 Å². The molecule has 1 aromatic carbocycles. The molecule has 3 heteroatoms. The zero-order valence-electron chi connectivity index (χ0n) is 10.8. The van der Waals surface area contributed by atoms with Gasteiger partial charge in [-0.2, -0.15) is 0 Å². The Kier molecular flexibility index (Phi) is 3.82. The van der Waals surface area contributed by atoms with E-state index in [1.165, 1.54) is 11.1 Å². The molecule has 1 atom stereocenters. The van der Waals surface area contributed by atoms with Crippen molar-refractivity contribution in [3.63, 3.8) is 0 Å². The normalized spacial score (nSPS) is 24.5. The number of hydrogen-bond donors (Lipinski definition) is 1. The second-order valence-corrected chi connectivity index (χ2v) is 5.32. The molecule has 17 heavy (non-hydrogen) atoms. The average Bonchev–Trinajstić information content (AvgIpc) is 2.68. The first-order valence-electron chi connectivity index (χ1n) is 6.18. The highest BCUT2D eigenvalue weighted by Crippen LogP contribution is 2.17. The van der Waals surface area contributed by atoms with Crippen molar-refractivity contribution in [1.29, 1.82) is 0 Å². The predicted molar refractivity (Wildman–Crippen MR) is 69.9 cm³/mol. The molecule has 94 valence electrons. The Morgan fingerprint density at radius 1 is 1.35 bits per heavy atom. The van der Waals surface area contributed by atoms with Gasteiger partial charge in [-0.3, -0.25) is 0 Å². The number of benzene rings is 1. The van der Waals surface area contributed by atoms with Crippen molar-refractivity contribution in [1.82, 2.24) is 4.90 Å². The Balaban J connectivity index is 1.88. The number of ether oxygens (including phenoxy) is 1. The van der Waals surface area contributed by atoms with Crippen LogP contribution in [0.3, 0.4) is 0 Å². The molecule has 0 bridgehead atoms. The molecule has 1 unspecified atom stereocenters. The summed E-state index contributed by atoms with van der Waals surface area (Å²) < 4.78 is 5.38. The van der Waals surface area contributed by atoms with Gasteiger partial charge in [0.2, 0.25) is 0 Å². The van der Waals surface area contributed by atoms with E-state index in [-0.39, 0.29) is 5.54 Å². The van der Waals surface area contributed by atoms with Crippen molar-refractivity contribution in [2.75, 3.05) is 26.8 Å². The van der Waals surface area contributed by atoms with E-state index in [2.05, 4.69) is 43.1 Å². The molecule has 1 aromatic rings. The van der Waals surface area contributed by atoms with Crippen LogP contribution in [-0.2, 0) is 11.3 Å². The molecule has 1 aliphatic rings. The monoisotopic (exact) mass is 234 g/mol. The number of hydrogen-bond acceptors (Lipinski definition) is 3. The van der Waals surface area contributed by atoms with Crippen LogP contribution in [0.4, 0.5) is 0 Å². The highest BCUT2D eigenvalue weighted by atomic mass is 16.5.